The van der Waals surface area contributed by atoms with Gasteiger partial charge in [-0.25, -0.2) is 4.39 Å². The molecule has 0 atom stereocenters. The van der Waals surface area contributed by atoms with Crippen molar-refractivity contribution >= 4 is 0 Å². The monoisotopic (exact) mass is 266 g/mol. The lowest BCUT2D eigenvalue weighted by Gasteiger charge is -2.09. The van der Waals surface area contributed by atoms with Gasteiger partial charge in [0.1, 0.15) is 18.2 Å². The second-order valence-electron chi connectivity index (χ2n) is 3.78. The minimum atomic E-state index is -4.30. The fourth-order valence-electron chi connectivity index (χ4n) is 1.25. The number of ether oxygens (including phenoxy) is 2. The summed E-state index contributed by atoms with van der Waals surface area (Å²) < 4.78 is 57.7. The molecule has 1 aromatic rings. The first-order valence-electron chi connectivity index (χ1n) is 5.42. The van der Waals surface area contributed by atoms with Gasteiger partial charge in [0, 0.05) is 6.42 Å². The predicted octanol–water partition coefficient (Wildman–Crippen LogP) is 3.48. The van der Waals surface area contributed by atoms with Crippen LogP contribution in [0.3, 0.4) is 0 Å². The molecule has 0 aliphatic rings. The van der Waals surface area contributed by atoms with Crippen molar-refractivity contribution in [3.63, 3.8) is 0 Å². The van der Waals surface area contributed by atoms with Crippen LogP contribution < -0.4 is 4.74 Å². The van der Waals surface area contributed by atoms with E-state index in [1.165, 1.54) is 18.2 Å². The van der Waals surface area contributed by atoms with Crippen molar-refractivity contribution in [2.75, 3.05) is 19.8 Å². The molecule has 0 aliphatic heterocycles. The highest BCUT2D eigenvalue weighted by Crippen LogP contribution is 2.16. The van der Waals surface area contributed by atoms with Gasteiger partial charge in [-0.1, -0.05) is 0 Å². The summed E-state index contributed by atoms with van der Waals surface area (Å²) in [6.07, 6.45) is -3.96. The van der Waals surface area contributed by atoms with Crippen molar-refractivity contribution in [2.24, 2.45) is 0 Å². The van der Waals surface area contributed by atoms with Gasteiger partial charge in [0.05, 0.1) is 13.2 Å². The SMILES string of the molecule is Cc1cc(OCCCOCC(F)(F)F)ccc1F. The Morgan fingerprint density at radius 3 is 2.50 bits per heavy atom. The third-order valence-electron chi connectivity index (χ3n) is 2.10. The zero-order valence-electron chi connectivity index (χ0n) is 9.89. The number of hydrogen-bond acceptors (Lipinski definition) is 2. The maximum atomic E-state index is 12.9. The number of benzene rings is 1. The van der Waals surface area contributed by atoms with Crippen LogP contribution in [0.4, 0.5) is 17.6 Å². The van der Waals surface area contributed by atoms with Crippen molar-refractivity contribution in [1.82, 2.24) is 0 Å². The van der Waals surface area contributed by atoms with Gasteiger partial charge in [0.15, 0.2) is 0 Å². The third kappa shape index (κ3) is 5.86. The van der Waals surface area contributed by atoms with E-state index >= 15 is 0 Å². The first-order valence-corrected chi connectivity index (χ1v) is 5.42. The van der Waals surface area contributed by atoms with Crippen LogP contribution in [-0.4, -0.2) is 26.0 Å². The van der Waals surface area contributed by atoms with Crippen LogP contribution in [0.25, 0.3) is 0 Å². The first-order chi connectivity index (χ1) is 8.38. The van der Waals surface area contributed by atoms with Gasteiger partial charge in [0.2, 0.25) is 0 Å². The molecule has 1 aromatic carbocycles. The maximum Gasteiger partial charge on any atom is 0.411 e. The zero-order chi connectivity index (χ0) is 13.6. The molecule has 6 heteroatoms. The summed E-state index contributed by atoms with van der Waals surface area (Å²) in [5.41, 5.74) is 0.459. The molecule has 0 saturated carbocycles. The average Bonchev–Trinajstić information content (AvgIpc) is 2.26. The molecule has 0 N–H and O–H groups in total. The Kier molecular flexibility index (Phi) is 5.40. The van der Waals surface area contributed by atoms with Crippen molar-refractivity contribution in [3.05, 3.63) is 29.6 Å². The molecule has 0 saturated heterocycles. The van der Waals surface area contributed by atoms with Gasteiger partial charge in [-0.15, -0.1) is 0 Å². The minimum Gasteiger partial charge on any atom is -0.493 e. The van der Waals surface area contributed by atoms with E-state index in [0.29, 0.717) is 17.7 Å². The van der Waals surface area contributed by atoms with E-state index in [0.717, 1.165) is 0 Å². The molecule has 0 fully saturated rings. The van der Waals surface area contributed by atoms with Crippen LogP contribution in [0, 0.1) is 12.7 Å². The summed E-state index contributed by atoms with van der Waals surface area (Å²) in [5.74, 6) is 0.167. The van der Waals surface area contributed by atoms with Crippen LogP contribution >= 0.6 is 0 Å². The molecular formula is C12H14F4O2. The summed E-state index contributed by atoms with van der Waals surface area (Å²) in [6, 6.07) is 4.29. The van der Waals surface area contributed by atoms with Gasteiger partial charge in [0.25, 0.3) is 0 Å². The molecule has 0 amide bonds. The molecular weight excluding hydrogens is 252 g/mol. The van der Waals surface area contributed by atoms with E-state index in [-0.39, 0.29) is 19.0 Å². The largest absolute Gasteiger partial charge is 0.493 e. The van der Waals surface area contributed by atoms with E-state index in [4.69, 9.17) is 4.74 Å². The quantitative estimate of drug-likeness (QED) is 0.579. The second kappa shape index (κ2) is 6.58. The molecule has 18 heavy (non-hydrogen) atoms. The molecule has 0 radical (unpaired) electrons. The molecule has 0 bridgehead atoms. The highest BCUT2D eigenvalue weighted by molar-refractivity contribution is 5.28. The van der Waals surface area contributed by atoms with Gasteiger partial charge in [-0.05, 0) is 30.7 Å². The Hall–Kier alpha value is -1.30. The smallest absolute Gasteiger partial charge is 0.411 e. The highest BCUT2D eigenvalue weighted by atomic mass is 19.4. The molecule has 0 aliphatic carbocycles. The van der Waals surface area contributed by atoms with Crippen LogP contribution in [0.2, 0.25) is 0 Å². The molecule has 0 unspecified atom stereocenters. The molecule has 2 nitrogen and oxygen atoms in total. The lowest BCUT2D eigenvalue weighted by molar-refractivity contribution is -0.174. The van der Waals surface area contributed by atoms with Crippen LogP contribution in [0.15, 0.2) is 18.2 Å². The lowest BCUT2D eigenvalue weighted by Crippen LogP contribution is -2.18. The summed E-state index contributed by atoms with van der Waals surface area (Å²) >= 11 is 0. The van der Waals surface area contributed by atoms with Crippen LogP contribution in [0.5, 0.6) is 5.75 Å². The van der Waals surface area contributed by atoms with Gasteiger partial charge in [-0.3, -0.25) is 0 Å². The Labute approximate surface area is 103 Å². The summed E-state index contributed by atoms with van der Waals surface area (Å²) in [5, 5.41) is 0. The zero-order valence-corrected chi connectivity index (χ0v) is 9.89. The van der Waals surface area contributed by atoms with E-state index in [1.807, 2.05) is 0 Å². The first kappa shape index (κ1) is 14.8. The Bertz CT molecular complexity index is 377. The molecule has 102 valence electrons. The fourth-order valence-corrected chi connectivity index (χ4v) is 1.25. The topological polar surface area (TPSA) is 18.5 Å². The lowest BCUT2D eigenvalue weighted by atomic mass is 10.2. The van der Waals surface area contributed by atoms with Crippen molar-refractivity contribution in [3.8, 4) is 5.75 Å². The average molecular weight is 266 g/mol. The highest BCUT2D eigenvalue weighted by Gasteiger charge is 2.27. The van der Waals surface area contributed by atoms with E-state index in [1.54, 1.807) is 6.92 Å². The van der Waals surface area contributed by atoms with E-state index in [2.05, 4.69) is 4.74 Å². The molecule has 0 spiro atoms. The van der Waals surface area contributed by atoms with Crippen molar-refractivity contribution in [2.45, 2.75) is 19.5 Å². The summed E-state index contributed by atoms with van der Waals surface area (Å²) in [6.45, 7) is 0.555. The maximum absolute atomic E-state index is 12.9. The van der Waals surface area contributed by atoms with Crippen LogP contribution in [-0.2, 0) is 4.74 Å². The third-order valence-corrected chi connectivity index (χ3v) is 2.10. The van der Waals surface area contributed by atoms with Crippen LogP contribution in [0.1, 0.15) is 12.0 Å². The number of halogens is 4. The second-order valence-corrected chi connectivity index (χ2v) is 3.78. The van der Waals surface area contributed by atoms with Gasteiger partial charge < -0.3 is 9.47 Å². The normalized spacial score (nSPS) is 11.6. The molecule has 1 rings (SSSR count). The van der Waals surface area contributed by atoms with E-state index < -0.39 is 12.8 Å². The minimum absolute atomic E-state index is 0.0281. The fraction of sp³-hybridized carbons (Fsp3) is 0.500. The number of alkyl halides is 3. The number of rotatable bonds is 6. The van der Waals surface area contributed by atoms with Crippen molar-refractivity contribution < 1.29 is 27.0 Å². The summed E-state index contributed by atoms with van der Waals surface area (Å²) in [7, 11) is 0. The Balaban J connectivity index is 2.16. The predicted molar refractivity (Wildman–Crippen MR) is 58.1 cm³/mol. The number of hydrogen-bond donors (Lipinski definition) is 0. The Morgan fingerprint density at radius 1 is 1.17 bits per heavy atom. The number of aryl methyl sites for hydroxylation is 1. The Morgan fingerprint density at radius 2 is 1.89 bits per heavy atom. The van der Waals surface area contributed by atoms with E-state index in [9.17, 15) is 17.6 Å². The van der Waals surface area contributed by atoms with Crippen molar-refractivity contribution in [1.29, 1.82) is 0 Å². The molecule has 0 heterocycles. The summed E-state index contributed by atoms with van der Waals surface area (Å²) in [4.78, 5) is 0. The molecule has 0 aromatic heterocycles. The standard InChI is InChI=1S/C12H14F4O2/c1-9-7-10(3-4-11(9)13)18-6-2-5-17-8-12(14,15)16/h3-4,7H,2,5-6,8H2,1H3. The van der Waals surface area contributed by atoms with Gasteiger partial charge >= 0.3 is 6.18 Å². The van der Waals surface area contributed by atoms with Gasteiger partial charge in [-0.2, -0.15) is 13.2 Å².